The smallest absolute Gasteiger partial charge is 0.0367 e. The van der Waals surface area contributed by atoms with E-state index in [1.54, 1.807) is 0 Å². The Kier molecular flexibility index (Phi) is 2.83. The Morgan fingerprint density at radius 2 is 2.07 bits per heavy atom. The van der Waals surface area contributed by atoms with Gasteiger partial charge in [0, 0.05) is 5.38 Å². The number of hydrogen-bond acceptors (Lipinski definition) is 0. The Hall–Kier alpha value is -0.490. The van der Waals surface area contributed by atoms with Crippen LogP contribution in [0.1, 0.15) is 36.8 Å². The van der Waals surface area contributed by atoms with Gasteiger partial charge in [0.1, 0.15) is 0 Å². The molecular formula is C13H17Cl. The van der Waals surface area contributed by atoms with Crippen LogP contribution in [-0.2, 0) is 0 Å². The van der Waals surface area contributed by atoms with Crippen LogP contribution in [-0.4, -0.2) is 5.38 Å². The Bertz CT molecular complexity index is 319. The molecule has 1 aliphatic rings. The van der Waals surface area contributed by atoms with Crippen molar-refractivity contribution in [2.45, 2.75) is 38.0 Å². The molecular weight excluding hydrogens is 192 g/mol. The van der Waals surface area contributed by atoms with Crippen molar-refractivity contribution in [3.05, 3.63) is 35.4 Å². The summed E-state index contributed by atoms with van der Waals surface area (Å²) in [6.45, 7) is 4.43. The molecule has 3 unspecified atom stereocenters. The van der Waals surface area contributed by atoms with E-state index >= 15 is 0 Å². The summed E-state index contributed by atoms with van der Waals surface area (Å²) in [5.74, 6) is 1.30. The minimum absolute atomic E-state index is 0.375. The summed E-state index contributed by atoms with van der Waals surface area (Å²) in [7, 11) is 0. The van der Waals surface area contributed by atoms with Crippen LogP contribution in [0.2, 0.25) is 0 Å². The monoisotopic (exact) mass is 208 g/mol. The van der Waals surface area contributed by atoms with Crippen LogP contribution in [0.3, 0.4) is 0 Å². The molecule has 0 heterocycles. The van der Waals surface area contributed by atoms with Crippen LogP contribution in [0.5, 0.6) is 0 Å². The van der Waals surface area contributed by atoms with Gasteiger partial charge >= 0.3 is 0 Å². The normalized spacial score (nSPS) is 32.1. The summed E-state index contributed by atoms with van der Waals surface area (Å²) in [6.07, 6.45) is 2.42. The lowest BCUT2D eigenvalue weighted by Gasteiger charge is -2.17. The van der Waals surface area contributed by atoms with Crippen molar-refractivity contribution in [2.75, 3.05) is 0 Å². The predicted molar refractivity (Wildman–Crippen MR) is 62.0 cm³/mol. The lowest BCUT2D eigenvalue weighted by atomic mass is 9.89. The largest absolute Gasteiger partial charge is 0.123 e. The molecule has 0 amide bonds. The van der Waals surface area contributed by atoms with E-state index in [-0.39, 0.29) is 0 Å². The first kappa shape index (κ1) is 10.0. The van der Waals surface area contributed by atoms with Crippen molar-refractivity contribution >= 4 is 11.6 Å². The van der Waals surface area contributed by atoms with Crippen molar-refractivity contribution in [2.24, 2.45) is 5.92 Å². The van der Waals surface area contributed by atoms with Gasteiger partial charge < -0.3 is 0 Å². The minimum atomic E-state index is 0.375. The molecule has 0 nitrogen and oxygen atoms in total. The summed E-state index contributed by atoms with van der Waals surface area (Å²) in [4.78, 5) is 0. The Balaban J connectivity index is 2.23. The number of benzene rings is 1. The molecule has 0 aromatic heterocycles. The average Bonchev–Trinajstić information content (AvgIpc) is 2.48. The highest BCUT2D eigenvalue weighted by Crippen LogP contribution is 2.42. The predicted octanol–water partition coefficient (Wildman–Crippen LogP) is 4.12. The van der Waals surface area contributed by atoms with E-state index < -0.39 is 0 Å². The zero-order valence-electron chi connectivity index (χ0n) is 8.83. The van der Waals surface area contributed by atoms with Gasteiger partial charge in [-0.3, -0.25) is 0 Å². The highest BCUT2D eigenvalue weighted by atomic mass is 35.5. The number of hydrogen-bond donors (Lipinski definition) is 0. The van der Waals surface area contributed by atoms with E-state index in [1.165, 1.54) is 24.0 Å². The molecule has 1 aromatic carbocycles. The summed E-state index contributed by atoms with van der Waals surface area (Å²) in [5, 5.41) is 0.375. The van der Waals surface area contributed by atoms with E-state index in [0.717, 1.165) is 0 Å². The molecule has 0 bridgehead atoms. The molecule has 0 radical (unpaired) electrons. The quantitative estimate of drug-likeness (QED) is 0.610. The molecule has 1 aromatic rings. The molecule has 0 N–H and O–H groups in total. The third kappa shape index (κ3) is 1.81. The van der Waals surface area contributed by atoms with E-state index in [4.69, 9.17) is 11.6 Å². The standard InChI is InChI=1S/C13H17Cl/c1-9-4-3-5-11(8-9)12-6-7-13(14)10(12)2/h3-5,8,10,12-13H,6-7H2,1-2H3. The van der Waals surface area contributed by atoms with Gasteiger partial charge in [-0.05, 0) is 37.2 Å². The van der Waals surface area contributed by atoms with Crippen LogP contribution >= 0.6 is 11.6 Å². The summed E-state index contributed by atoms with van der Waals surface area (Å²) >= 11 is 6.25. The lowest BCUT2D eigenvalue weighted by Crippen LogP contribution is -2.09. The molecule has 0 saturated heterocycles. The second-order valence-electron chi connectivity index (χ2n) is 4.47. The van der Waals surface area contributed by atoms with E-state index in [1.807, 2.05) is 0 Å². The summed E-state index contributed by atoms with van der Waals surface area (Å²) in [6, 6.07) is 8.85. The molecule has 0 spiro atoms. The van der Waals surface area contributed by atoms with Crippen molar-refractivity contribution < 1.29 is 0 Å². The molecule has 76 valence electrons. The van der Waals surface area contributed by atoms with Gasteiger partial charge in [0.2, 0.25) is 0 Å². The minimum Gasteiger partial charge on any atom is -0.123 e. The maximum absolute atomic E-state index is 6.25. The van der Waals surface area contributed by atoms with Gasteiger partial charge in [-0.25, -0.2) is 0 Å². The topological polar surface area (TPSA) is 0 Å². The van der Waals surface area contributed by atoms with Crippen molar-refractivity contribution in [1.29, 1.82) is 0 Å². The molecule has 0 aliphatic heterocycles. The van der Waals surface area contributed by atoms with Crippen molar-refractivity contribution in [3.63, 3.8) is 0 Å². The molecule has 1 heteroatoms. The molecule has 1 fully saturated rings. The summed E-state index contributed by atoms with van der Waals surface area (Å²) in [5.41, 5.74) is 2.83. The number of rotatable bonds is 1. The molecule has 14 heavy (non-hydrogen) atoms. The van der Waals surface area contributed by atoms with Crippen LogP contribution in [0.25, 0.3) is 0 Å². The zero-order chi connectivity index (χ0) is 10.1. The fraction of sp³-hybridized carbons (Fsp3) is 0.538. The summed E-state index contributed by atoms with van der Waals surface area (Å²) < 4.78 is 0. The van der Waals surface area contributed by atoms with Crippen LogP contribution in [0, 0.1) is 12.8 Å². The van der Waals surface area contributed by atoms with Gasteiger partial charge in [-0.15, -0.1) is 11.6 Å². The Labute approximate surface area is 91.3 Å². The van der Waals surface area contributed by atoms with Crippen LogP contribution in [0.4, 0.5) is 0 Å². The Morgan fingerprint density at radius 3 is 2.64 bits per heavy atom. The molecule has 2 rings (SSSR count). The second-order valence-corrected chi connectivity index (χ2v) is 5.03. The van der Waals surface area contributed by atoms with Crippen molar-refractivity contribution in [1.82, 2.24) is 0 Å². The SMILES string of the molecule is Cc1cccc(C2CCC(Cl)C2C)c1. The number of alkyl halides is 1. The lowest BCUT2D eigenvalue weighted by molar-refractivity contribution is 0.537. The zero-order valence-corrected chi connectivity index (χ0v) is 9.59. The fourth-order valence-electron chi connectivity index (χ4n) is 2.49. The first-order valence-electron chi connectivity index (χ1n) is 5.39. The van der Waals surface area contributed by atoms with Crippen LogP contribution < -0.4 is 0 Å². The highest BCUT2D eigenvalue weighted by Gasteiger charge is 2.32. The first-order chi connectivity index (χ1) is 6.68. The van der Waals surface area contributed by atoms with Gasteiger partial charge in [-0.2, -0.15) is 0 Å². The molecule has 1 saturated carbocycles. The van der Waals surface area contributed by atoms with E-state index in [0.29, 0.717) is 17.2 Å². The molecule has 1 aliphatic carbocycles. The third-order valence-electron chi connectivity index (χ3n) is 3.43. The maximum Gasteiger partial charge on any atom is 0.0367 e. The second kappa shape index (κ2) is 3.94. The maximum atomic E-state index is 6.25. The van der Waals surface area contributed by atoms with Gasteiger partial charge in [-0.1, -0.05) is 36.8 Å². The van der Waals surface area contributed by atoms with Gasteiger partial charge in [0.15, 0.2) is 0 Å². The number of aryl methyl sites for hydroxylation is 1. The van der Waals surface area contributed by atoms with E-state index in [9.17, 15) is 0 Å². The van der Waals surface area contributed by atoms with Crippen LogP contribution in [0.15, 0.2) is 24.3 Å². The molecule has 3 atom stereocenters. The average molecular weight is 209 g/mol. The van der Waals surface area contributed by atoms with Gasteiger partial charge in [0.25, 0.3) is 0 Å². The van der Waals surface area contributed by atoms with Crippen molar-refractivity contribution in [3.8, 4) is 0 Å². The van der Waals surface area contributed by atoms with E-state index in [2.05, 4.69) is 38.1 Å². The number of halogens is 1. The Morgan fingerprint density at radius 1 is 1.29 bits per heavy atom. The fourth-order valence-corrected chi connectivity index (χ4v) is 2.79. The third-order valence-corrected chi connectivity index (χ3v) is 4.04. The highest BCUT2D eigenvalue weighted by molar-refractivity contribution is 6.21. The first-order valence-corrected chi connectivity index (χ1v) is 5.83. The van der Waals surface area contributed by atoms with Gasteiger partial charge in [0.05, 0.1) is 0 Å².